The molecule has 1 fully saturated rings. The minimum atomic E-state index is -3.11. The monoisotopic (exact) mass is 425 g/mol. The van der Waals surface area contributed by atoms with Gasteiger partial charge in [0, 0.05) is 12.1 Å². The Morgan fingerprint density at radius 1 is 1.31 bits per heavy atom. The van der Waals surface area contributed by atoms with Gasteiger partial charge in [-0.05, 0) is 25.5 Å². The molecule has 1 aliphatic rings. The van der Waals surface area contributed by atoms with Gasteiger partial charge in [-0.2, -0.15) is 5.10 Å². The molecule has 0 bridgehead atoms. The summed E-state index contributed by atoms with van der Waals surface area (Å²) in [5.41, 5.74) is 0.616. The lowest BCUT2D eigenvalue weighted by Gasteiger charge is -2.14. The van der Waals surface area contributed by atoms with Crippen LogP contribution in [0, 0.1) is 12.7 Å². The lowest BCUT2D eigenvalue weighted by molar-refractivity contribution is -0.149. The molecule has 29 heavy (non-hydrogen) atoms. The number of esters is 1. The van der Waals surface area contributed by atoms with Gasteiger partial charge in [0.05, 0.1) is 23.2 Å². The van der Waals surface area contributed by atoms with Crippen molar-refractivity contribution in [3.8, 4) is 5.75 Å². The second kappa shape index (κ2) is 8.60. The first kappa shape index (κ1) is 20.8. The number of carbonyl (C=O) groups is 2. The van der Waals surface area contributed by atoms with Crippen LogP contribution in [0.2, 0.25) is 0 Å². The van der Waals surface area contributed by atoms with Gasteiger partial charge in [-0.15, -0.1) is 0 Å². The Morgan fingerprint density at radius 2 is 2.10 bits per heavy atom. The number of sulfone groups is 1. The topological polar surface area (TPSA) is 117 Å². The van der Waals surface area contributed by atoms with Crippen molar-refractivity contribution in [3.63, 3.8) is 0 Å². The highest BCUT2D eigenvalue weighted by atomic mass is 32.2. The maximum atomic E-state index is 13.1. The van der Waals surface area contributed by atoms with Crippen molar-refractivity contribution in [2.45, 2.75) is 19.4 Å². The molecule has 1 amide bonds. The zero-order chi connectivity index (χ0) is 21.0. The molecular weight excluding hydrogens is 405 g/mol. The number of carbonyl (C=O) groups excluding carboxylic acids is 2. The van der Waals surface area contributed by atoms with E-state index in [2.05, 4.69) is 10.4 Å². The fourth-order valence-corrected chi connectivity index (χ4v) is 4.61. The molecule has 0 radical (unpaired) electrons. The molecule has 156 valence electrons. The molecule has 1 aliphatic heterocycles. The molecule has 2 heterocycles. The number of amides is 1. The quantitative estimate of drug-likeness (QED) is 0.664. The van der Waals surface area contributed by atoms with E-state index in [0.29, 0.717) is 17.9 Å². The van der Waals surface area contributed by atoms with E-state index in [0.717, 1.165) is 6.07 Å². The van der Waals surface area contributed by atoms with Gasteiger partial charge in [-0.3, -0.25) is 4.79 Å². The number of halogens is 1. The Kier molecular flexibility index (Phi) is 6.16. The number of anilines is 1. The van der Waals surface area contributed by atoms with Crippen molar-refractivity contribution in [2.75, 3.05) is 30.0 Å². The third-order valence-electron chi connectivity index (χ3n) is 4.20. The first-order valence-electron chi connectivity index (χ1n) is 8.82. The lowest BCUT2D eigenvalue weighted by Crippen LogP contribution is -2.25. The molecule has 1 unspecified atom stereocenters. The van der Waals surface area contributed by atoms with E-state index < -0.39 is 40.7 Å². The molecule has 0 saturated carbocycles. The average molecular weight is 425 g/mol. The first-order valence-corrected chi connectivity index (χ1v) is 10.6. The minimum absolute atomic E-state index is 0.0383. The number of aryl methyl sites for hydroxylation is 1. The Bertz CT molecular complexity index is 1020. The van der Waals surface area contributed by atoms with Crippen molar-refractivity contribution >= 4 is 27.5 Å². The molecule has 1 aromatic carbocycles. The summed E-state index contributed by atoms with van der Waals surface area (Å²) >= 11 is 0. The molecule has 3 rings (SSSR count). The Balaban J connectivity index is 1.50. The highest BCUT2D eigenvalue weighted by molar-refractivity contribution is 7.91. The molecular formula is C18H20FN3O6S. The van der Waals surface area contributed by atoms with Crippen LogP contribution in [0.1, 0.15) is 18.2 Å². The Labute approximate surface area is 166 Å². The van der Waals surface area contributed by atoms with Crippen LogP contribution in [0.4, 0.5) is 10.2 Å². The van der Waals surface area contributed by atoms with Crippen LogP contribution in [-0.4, -0.2) is 54.8 Å². The third kappa shape index (κ3) is 5.76. The van der Waals surface area contributed by atoms with Gasteiger partial charge in [-0.25, -0.2) is 22.3 Å². The predicted molar refractivity (Wildman–Crippen MR) is 101 cm³/mol. The van der Waals surface area contributed by atoms with Crippen LogP contribution in [-0.2, 0) is 24.2 Å². The highest BCUT2D eigenvalue weighted by Gasteiger charge is 2.31. The second-order valence-electron chi connectivity index (χ2n) is 6.63. The molecule has 1 aromatic heterocycles. The molecule has 1 atom stereocenters. The zero-order valence-electron chi connectivity index (χ0n) is 15.6. The molecule has 11 heteroatoms. The lowest BCUT2D eigenvalue weighted by atomic mass is 10.3. The van der Waals surface area contributed by atoms with E-state index in [-0.39, 0.29) is 23.3 Å². The van der Waals surface area contributed by atoms with Crippen molar-refractivity contribution < 1.29 is 31.9 Å². The number of nitrogens with one attached hydrogen (secondary N) is 1. The normalized spacial score (nSPS) is 17.7. The summed E-state index contributed by atoms with van der Waals surface area (Å²) in [6.07, 6.45) is 0.415. The summed E-state index contributed by atoms with van der Waals surface area (Å²) in [6.45, 7) is 0.686. The second-order valence-corrected chi connectivity index (χ2v) is 8.86. The number of aromatic nitrogens is 2. The maximum absolute atomic E-state index is 13.1. The largest absolute Gasteiger partial charge is 0.482 e. The summed E-state index contributed by atoms with van der Waals surface area (Å²) in [5, 5.41) is 6.83. The predicted octanol–water partition coefficient (Wildman–Crippen LogP) is 1.25. The summed E-state index contributed by atoms with van der Waals surface area (Å²) in [7, 11) is -3.11. The van der Waals surface area contributed by atoms with Gasteiger partial charge >= 0.3 is 5.97 Å². The standard InChI is InChI=1S/C18H20FN3O6S/c1-12-7-16(22(21-12)14-5-6-29(25,26)11-14)20-17(23)9-28-18(24)10-27-15-4-2-3-13(19)8-15/h2-4,7-8,14H,5-6,9-11H2,1H3,(H,20,23). The van der Waals surface area contributed by atoms with E-state index in [9.17, 15) is 22.4 Å². The summed E-state index contributed by atoms with van der Waals surface area (Å²) in [5.74, 6) is -1.37. The number of ether oxygens (including phenoxy) is 2. The molecule has 1 saturated heterocycles. The number of hydrogen-bond donors (Lipinski definition) is 1. The summed E-state index contributed by atoms with van der Waals surface area (Å²) < 4.78 is 47.9. The van der Waals surface area contributed by atoms with Gasteiger partial charge in [0.25, 0.3) is 5.91 Å². The van der Waals surface area contributed by atoms with Crippen molar-refractivity contribution in [1.29, 1.82) is 0 Å². The maximum Gasteiger partial charge on any atom is 0.344 e. The molecule has 0 aliphatic carbocycles. The van der Waals surface area contributed by atoms with E-state index in [1.54, 1.807) is 13.0 Å². The van der Waals surface area contributed by atoms with Gasteiger partial charge in [0.15, 0.2) is 23.1 Å². The Morgan fingerprint density at radius 3 is 2.79 bits per heavy atom. The van der Waals surface area contributed by atoms with Crippen molar-refractivity contribution in [3.05, 3.63) is 41.8 Å². The minimum Gasteiger partial charge on any atom is -0.482 e. The van der Waals surface area contributed by atoms with E-state index in [1.165, 1.54) is 22.9 Å². The van der Waals surface area contributed by atoms with Crippen molar-refractivity contribution in [1.82, 2.24) is 9.78 Å². The Hall–Kier alpha value is -2.95. The van der Waals surface area contributed by atoms with E-state index >= 15 is 0 Å². The zero-order valence-corrected chi connectivity index (χ0v) is 16.4. The molecule has 0 spiro atoms. The molecule has 2 aromatic rings. The first-order chi connectivity index (χ1) is 13.7. The highest BCUT2D eigenvalue weighted by Crippen LogP contribution is 2.27. The van der Waals surface area contributed by atoms with Gasteiger partial charge in [-0.1, -0.05) is 6.07 Å². The van der Waals surface area contributed by atoms with Crippen LogP contribution in [0.25, 0.3) is 0 Å². The summed E-state index contributed by atoms with van der Waals surface area (Å²) in [4.78, 5) is 23.8. The fraction of sp³-hybridized carbons (Fsp3) is 0.389. The number of benzene rings is 1. The number of rotatable bonds is 7. The van der Waals surface area contributed by atoms with Crippen LogP contribution in [0.5, 0.6) is 5.75 Å². The average Bonchev–Trinajstić information content (AvgIpc) is 3.19. The van der Waals surface area contributed by atoms with Crippen LogP contribution < -0.4 is 10.1 Å². The van der Waals surface area contributed by atoms with E-state index in [4.69, 9.17) is 9.47 Å². The number of nitrogens with zero attached hydrogens (tertiary/aromatic N) is 2. The SMILES string of the molecule is Cc1cc(NC(=O)COC(=O)COc2cccc(F)c2)n(C2CCS(=O)(=O)C2)n1. The van der Waals surface area contributed by atoms with Gasteiger partial charge < -0.3 is 14.8 Å². The summed E-state index contributed by atoms with van der Waals surface area (Å²) in [6, 6.07) is 6.53. The molecule has 9 nitrogen and oxygen atoms in total. The van der Waals surface area contributed by atoms with Crippen LogP contribution in [0.3, 0.4) is 0 Å². The number of hydrogen-bond acceptors (Lipinski definition) is 7. The van der Waals surface area contributed by atoms with E-state index in [1.807, 2.05) is 0 Å². The molecule has 1 N–H and O–H groups in total. The van der Waals surface area contributed by atoms with Crippen molar-refractivity contribution in [2.24, 2.45) is 0 Å². The fourth-order valence-electron chi connectivity index (χ4n) is 2.92. The smallest absolute Gasteiger partial charge is 0.344 e. The van der Waals surface area contributed by atoms with Gasteiger partial charge in [0.1, 0.15) is 17.4 Å². The van der Waals surface area contributed by atoms with Gasteiger partial charge in [0.2, 0.25) is 0 Å². The third-order valence-corrected chi connectivity index (χ3v) is 5.95. The van der Waals surface area contributed by atoms with Crippen LogP contribution >= 0.6 is 0 Å². The van der Waals surface area contributed by atoms with Crippen LogP contribution in [0.15, 0.2) is 30.3 Å².